The van der Waals surface area contributed by atoms with Gasteiger partial charge in [0, 0.05) is 13.1 Å². The van der Waals surface area contributed by atoms with Crippen LogP contribution in [-0.4, -0.2) is 21.8 Å². The molecule has 2 aromatic rings. The Morgan fingerprint density at radius 2 is 1.89 bits per heavy atom. The Morgan fingerprint density at radius 3 is 2.63 bits per heavy atom. The summed E-state index contributed by atoms with van der Waals surface area (Å²) in [5, 5.41) is 0. The van der Waals surface area contributed by atoms with E-state index in [9.17, 15) is 4.39 Å². The molecule has 1 saturated heterocycles. The highest BCUT2D eigenvalue weighted by Crippen LogP contribution is 2.29. The Morgan fingerprint density at radius 1 is 1.16 bits per heavy atom. The maximum absolute atomic E-state index is 12.8. The number of hydrogen-bond acceptors (Lipinski definition) is 5. The number of halogens is 1. The van der Waals surface area contributed by atoms with E-state index in [2.05, 4.69) is 13.6 Å². The molecule has 0 N–H and O–H groups in total. The van der Waals surface area contributed by atoms with E-state index in [4.69, 9.17) is 4.74 Å². The molecule has 1 aromatic heterocycles. The molecule has 4 nitrogen and oxygen atoms in total. The molecule has 1 fully saturated rings. The lowest BCUT2D eigenvalue weighted by molar-refractivity contribution is 0.297. The fourth-order valence-electron chi connectivity index (χ4n) is 2.12. The van der Waals surface area contributed by atoms with Crippen molar-refractivity contribution in [3.8, 4) is 5.88 Å². The van der Waals surface area contributed by atoms with Crippen LogP contribution >= 0.6 is 11.7 Å². The fourth-order valence-corrected chi connectivity index (χ4v) is 2.64. The van der Waals surface area contributed by atoms with Crippen LogP contribution in [0.1, 0.15) is 18.4 Å². The monoisotopic (exact) mass is 279 g/mol. The summed E-state index contributed by atoms with van der Waals surface area (Å²) in [6.45, 7) is 2.41. The molecule has 0 aliphatic carbocycles. The van der Waals surface area contributed by atoms with Gasteiger partial charge in [-0.05, 0) is 30.5 Å². The zero-order chi connectivity index (χ0) is 13.1. The van der Waals surface area contributed by atoms with Crippen LogP contribution in [0.5, 0.6) is 5.88 Å². The number of aromatic nitrogens is 2. The third kappa shape index (κ3) is 2.84. The quantitative estimate of drug-likeness (QED) is 0.862. The number of ether oxygens (including phenoxy) is 1. The predicted octanol–water partition coefficient (Wildman–Crippen LogP) is 2.86. The summed E-state index contributed by atoms with van der Waals surface area (Å²) >= 11 is 1.16. The minimum absolute atomic E-state index is 0.239. The second kappa shape index (κ2) is 5.52. The molecular formula is C13H14FN3OS. The molecule has 0 unspecified atom stereocenters. The first-order valence-electron chi connectivity index (χ1n) is 6.28. The minimum atomic E-state index is -0.239. The van der Waals surface area contributed by atoms with E-state index in [1.165, 1.54) is 25.0 Å². The zero-order valence-corrected chi connectivity index (χ0v) is 11.2. The average Bonchev–Trinajstić information content (AvgIpc) is 3.08. The molecule has 1 aromatic carbocycles. The van der Waals surface area contributed by atoms with Crippen LogP contribution in [0.15, 0.2) is 24.3 Å². The van der Waals surface area contributed by atoms with Gasteiger partial charge in [0.05, 0.1) is 11.7 Å². The number of benzene rings is 1. The molecule has 0 bridgehead atoms. The topological polar surface area (TPSA) is 38.3 Å². The van der Waals surface area contributed by atoms with Gasteiger partial charge in [-0.1, -0.05) is 12.1 Å². The first-order chi connectivity index (χ1) is 9.33. The minimum Gasteiger partial charge on any atom is -0.470 e. The smallest absolute Gasteiger partial charge is 0.271 e. The van der Waals surface area contributed by atoms with E-state index in [1.54, 1.807) is 12.1 Å². The van der Waals surface area contributed by atoms with Gasteiger partial charge in [-0.15, -0.1) is 4.37 Å². The molecule has 1 aliphatic rings. The van der Waals surface area contributed by atoms with E-state index < -0.39 is 0 Å². The van der Waals surface area contributed by atoms with Crippen molar-refractivity contribution in [3.63, 3.8) is 0 Å². The van der Waals surface area contributed by atoms with E-state index in [1.807, 2.05) is 0 Å². The maximum atomic E-state index is 12.8. The van der Waals surface area contributed by atoms with E-state index in [0.717, 1.165) is 36.2 Å². The largest absolute Gasteiger partial charge is 0.470 e. The van der Waals surface area contributed by atoms with Crippen LogP contribution in [0.25, 0.3) is 0 Å². The lowest BCUT2D eigenvalue weighted by Gasteiger charge is -2.15. The summed E-state index contributed by atoms with van der Waals surface area (Å²) in [5.41, 5.74) is 0.918. The molecule has 0 atom stereocenters. The van der Waals surface area contributed by atoms with Crippen molar-refractivity contribution < 1.29 is 9.13 Å². The van der Waals surface area contributed by atoms with Gasteiger partial charge in [0.1, 0.15) is 12.4 Å². The van der Waals surface area contributed by atoms with Crippen LogP contribution in [0, 0.1) is 5.82 Å². The second-order valence-electron chi connectivity index (χ2n) is 4.50. The molecule has 2 heterocycles. The van der Waals surface area contributed by atoms with Gasteiger partial charge in [-0.25, -0.2) is 4.39 Å². The molecule has 0 radical (unpaired) electrons. The highest BCUT2D eigenvalue weighted by molar-refractivity contribution is 6.99. The van der Waals surface area contributed by atoms with Crippen LogP contribution in [-0.2, 0) is 6.61 Å². The summed E-state index contributed by atoms with van der Waals surface area (Å²) in [7, 11) is 0. The van der Waals surface area contributed by atoms with Crippen molar-refractivity contribution in [2.24, 2.45) is 0 Å². The number of hydrogen-bond donors (Lipinski definition) is 0. The summed E-state index contributed by atoms with van der Waals surface area (Å²) in [4.78, 5) is 2.20. The molecule has 6 heteroatoms. The van der Waals surface area contributed by atoms with E-state index in [-0.39, 0.29) is 5.82 Å². The number of anilines is 1. The summed E-state index contributed by atoms with van der Waals surface area (Å²) in [6, 6.07) is 6.29. The zero-order valence-electron chi connectivity index (χ0n) is 10.4. The summed E-state index contributed by atoms with van der Waals surface area (Å²) < 4.78 is 27.0. The molecule has 3 rings (SSSR count). The Bertz CT molecular complexity index is 537. The van der Waals surface area contributed by atoms with Gasteiger partial charge in [0.25, 0.3) is 5.88 Å². The number of rotatable bonds is 4. The van der Waals surface area contributed by atoms with Gasteiger partial charge >= 0.3 is 0 Å². The van der Waals surface area contributed by atoms with Gasteiger partial charge in [0.15, 0.2) is 0 Å². The lowest BCUT2D eigenvalue weighted by atomic mass is 10.2. The summed E-state index contributed by atoms with van der Waals surface area (Å²) in [5.74, 6) is 1.18. The van der Waals surface area contributed by atoms with Crippen molar-refractivity contribution in [2.75, 3.05) is 18.0 Å². The van der Waals surface area contributed by atoms with Crippen molar-refractivity contribution in [3.05, 3.63) is 35.6 Å². The highest BCUT2D eigenvalue weighted by Gasteiger charge is 2.20. The number of nitrogens with zero attached hydrogens (tertiary/aromatic N) is 3. The first-order valence-corrected chi connectivity index (χ1v) is 7.01. The van der Waals surface area contributed by atoms with Crippen LogP contribution < -0.4 is 9.64 Å². The van der Waals surface area contributed by atoms with Crippen LogP contribution in [0.3, 0.4) is 0 Å². The van der Waals surface area contributed by atoms with Gasteiger partial charge in [0.2, 0.25) is 5.82 Å². The van der Waals surface area contributed by atoms with Gasteiger partial charge in [-0.2, -0.15) is 4.37 Å². The normalized spacial score (nSPS) is 14.9. The second-order valence-corrected chi connectivity index (χ2v) is 5.03. The van der Waals surface area contributed by atoms with Crippen molar-refractivity contribution in [1.82, 2.24) is 8.75 Å². The third-order valence-electron chi connectivity index (χ3n) is 3.14. The Labute approximate surface area is 115 Å². The average molecular weight is 279 g/mol. The predicted molar refractivity (Wildman–Crippen MR) is 72.1 cm³/mol. The Kier molecular flexibility index (Phi) is 3.59. The van der Waals surface area contributed by atoms with Gasteiger partial charge < -0.3 is 9.64 Å². The fraction of sp³-hybridized carbons (Fsp3) is 0.385. The van der Waals surface area contributed by atoms with E-state index >= 15 is 0 Å². The molecule has 0 amide bonds. The summed E-state index contributed by atoms with van der Waals surface area (Å²) in [6.07, 6.45) is 2.38. The van der Waals surface area contributed by atoms with Crippen molar-refractivity contribution >= 4 is 17.5 Å². The molecule has 1 aliphatic heterocycles. The Hall–Kier alpha value is -1.69. The van der Waals surface area contributed by atoms with Crippen molar-refractivity contribution in [2.45, 2.75) is 19.4 Å². The Balaban J connectivity index is 1.66. The van der Waals surface area contributed by atoms with Crippen LogP contribution in [0.4, 0.5) is 10.2 Å². The van der Waals surface area contributed by atoms with E-state index in [0.29, 0.717) is 12.5 Å². The van der Waals surface area contributed by atoms with Crippen molar-refractivity contribution in [1.29, 1.82) is 0 Å². The highest BCUT2D eigenvalue weighted by atomic mass is 32.1. The standard InChI is InChI=1S/C13H14FN3OS/c14-11-5-3-10(4-6-11)9-18-13-12(15-19-16-13)17-7-1-2-8-17/h3-6H,1-2,7-9H2. The maximum Gasteiger partial charge on any atom is 0.271 e. The SMILES string of the molecule is Fc1ccc(COc2nsnc2N2CCCC2)cc1. The van der Waals surface area contributed by atoms with Crippen LogP contribution in [0.2, 0.25) is 0 Å². The molecular weight excluding hydrogens is 265 g/mol. The third-order valence-corrected chi connectivity index (χ3v) is 3.64. The lowest BCUT2D eigenvalue weighted by Crippen LogP contribution is -2.18. The molecule has 100 valence electrons. The molecule has 19 heavy (non-hydrogen) atoms. The molecule has 0 saturated carbocycles. The van der Waals surface area contributed by atoms with Gasteiger partial charge in [-0.3, -0.25) is 0 Å². The first kappa shape index (κ1) is 12.3. The molecule has 0 spiro atoms.